The zero-order valence-electron chi connectivity index (χ0n) is 10.9. The highest BCUT2D eigenvalue weighted by molar-refractivity contribution is 6.30. The third-order valence-corrected chi connectivity index (χ3v) is 2.79. The molecular weight excluding hydrogens is 314 g/mol. The Hall–Kier alpha value is -3.07. The Bertz CT molecular complexity index is 871. The molecule has 9 nitrogen and oxygen atoms in total. The van der Waals surface area contributed by atoms with E-state index >= 15 is 0 Å². The van der Waals surface area contributed by atoms with E-state index < -0.39 is 23.2 Å². The molecule has 0 aliphatic carbocycles. The molecule has 0 fully saturated rings. The number of aromatic amines is 1. The first-order valence-electron chi connectivity index (χ1n) is 5.83. The Morgan fingerprint density at radius 3 is 2.82 bits per heavy atom. The van der Waals surface area contributed by atoms with Crippen molar-refractivity contribution in [2.45, 2.75) is 0 Å². The molecular formula is C12H10ClN5O4. The van der Waals surface area contributed by atoms with Gasteiger partial charge in [0.2, 0.25) is 5.88 Å². The number of rotatable bonds is 3. The maximum atomic E-state index is 11.9. The van der Waals surface area contributed by atoms with Crippen molar-refractivity contribution >= 4 is 23.8 Å². The van der Waals surface area contributed by atoms with Gasteiger partial charge in [0.05, 0.1) is 11.9 Å². The quantitative estimate of drug-likeness (QED) is 0.461. The molecule has 0 aliphatic heterocycles. The second kappa shape index (κ2) is 6.14. The number of aromatic nitrogens is 2. The molecule has 0 radical (unpaired) electrons. The first kappa shape index (κ1) is 15.3. The van der Waals surface area contributed by atoms with E-state index in [1.54, 1.807) is 12.1 Å². The predicted molar refractivity (Wildman–Crippen MR) is 79.6 cm³/mol. The molecule has 0 saturated carbocycles. The van der Waals surface area contributed by atoms with Gasteiger partial charge in [-0.3, -0.25) is 9.78 Å². The van der Waals surface area contributed by atoms with Crippen molar-refractivity contribution in [3.8, 4) is 11.6 Å². The second-order valence-electron chi connectivity index (χ2n) is 4.05. The lowest BCUT2D eigenvalue weighted by Crippen LogP contribution is -2.32. The molecule has 1 heterocycles. The molecule has 1 aromatic heterocycles. The van der Waals surface area contributed by atoms with Crippen LogP contribution >= 0.6 is 11.6 Å². The van der Waals surface area contributed by atoms with Gasteiger partial charge >= 0.3 is 11.7 Å². The van der Waals surface area contributed by atoms with Gasteiger partial charge in [0.15, 0.2) is 0 Å². The molecule has 22 heavy (non-hydrogen) atoms. The number of nitrogens with one attached hydrogen (secondary N) is 2. The zero-order valence-corrected chi connectivity index (χ0v) is 11.7. The topological polar surface area (TPSA) is 143 Å². The van der Waals surface area contributed by atoms with E-state index in [-0.39, 0.29) is 11.3 Å². The van der Waals surface area contributed by atoms with Gasteiger partial charge in [-0.05, 0) is 18.2 Å². The Labute approximate surface area is 127 Å². The van der Waals surface area contributed by atoms with Crippen LogP contribution in [0.25, 0.3) is 5.69 Å². The Balaban J connectivity index is 2.61. The standard InChI is InChI=1S/C12H10ClN5O4/c13-6-2-1-3-7(4-6)18-10(20)8(5-15-17-11(14)21)9(19)16-12(18)22/h1-5,20H,(H3,14,17,21)(H,16,19,22)/b15-5+. The maximum absolute atomic E-state index is 11.9. The number of carbonyl (C=O) groups excluding carboxylic acids is 1. The second-order valence-corrected chi connectivity index (χ2v) is 4.48. The van der Waals surface area contributed by atoms with Crippen LogP contribution in [0.4, 0.5) is 4.79 Å². The van der Waals surface area contributed by atoms with Gasteiger partial charge in [-0.1, -0.05) is 17.7 Å². The molecule has 0 bridgehead atoms. The molecule has 2 rings (SSSR count). The van der Waals surface area contributed by atoms with Gasteiger partial charge in [0, 0.05) is 5.02 Å². The molecule has 114 valence electrons. The third-order valence-electron chi connectivity index (χ3n) is 2.56. The monoisotopic (exact) mass is 323 g/mol. The average molecular weight is 324 g/mol. The highest BCUT2D eigenvalue weighted by Crippen LogP contribution is 2.18. The lowest BCUT2D eigenvalue weighted by Gasteiger charge is -2.09. The number of amides is 2. The highest BCUT2D eigenvalue weighted by atomic mass is 35.5. The van der Waals surface area contributed by atoms with E-state index in [2.05, 4.69) is 5.10 Å². The minimum absolute atomic E-state index is 0.240. The predicted octanol–water partition coefficient (Wildman–Crippen LogP) is -0.113. The van der Waals surface area contributed by atoms with Crippen LogP contribution in [0.15, 0.2) is 39.0 Å². The average Bonchev–Trinajstić information content (AvgIpc) is 2.42. The summed E-state index contributed by atoms with van der Waals surface area (Å²) in [4.78, 5) is 36.1. The molecule has 5 N–H and O–H groups in total. The summed E-state index contributed by atoms with van der Waals surface area (Å²) >= 11 is 5.83. The van der Waals surface area contributed by atoms with Crippen molar-refractivity contribution in [2.75, 3.05) is 0 Å². The number of nitrogens with zero attached hydrogens (tertiary/aromatic N) is 2. The Morgan fingerprint density at radius 2 is 2.18 bits per heavy atom. The van der Waals surface area contributed by atoms with E-state index in [4.69, 9.17) is 17.3 Å². The summed E-state index contributed by atoms with van der Waals surface area (Å²) in [5.74, 6) is -0.661. The molecule has 10 heteroatoms. The first-order chi connectivity index (χ1) is 10.4. The van der Waals surface area contributed by atoms with Crippen molar-refractivity contribution in [3.05, 3.63) is 55.7 Å². The molecule has 2 amide bonds. The first-order valence-corrected chi connectivity index (χ1v) is 6.20. The molecule has 1 aromatic carbocycles. The van der Waals surface area contributed by atoms with Crippen LogP contribution in [0.5, 0.6) is 5.88 Å². The van der Waals surface area contributed by atoms with Crippen molar-refractivity contribution in [1.82, 2.24) is 15.0 Å². The van der Waals surface area contributed by atoms with E-state index in [0.717, 1.165) is 10.8 Å². The van der Waals surface area contributed by atoms with E-state index in [1.807, 2.05) is 10.4 Å². The molecule has 2 aromatic rings. The number of hydrogen-bond acceptors (Lipinski definition) is 5. The van der Waals surface area contributed by atoms with Crippen LogP contribution < -0.4 is 22.4 Å². The molecule has 0 spiro atoms. The minimum atomic E-state index is -0.949. The molecule has 0 unspecified atom stereocenters. The Morgan fingerprint density at radius 1 is 1.45 bits per heavy atom. The lowest BCUT2D eigenvalue weighted by atomic mass is 10.3. The lowest BCUT2D eigenvalue weighted by molar-refractivity contribution is 0.249. The van der Waals surface area contributed by atoms with E-state index in [9.17, 15) is 19.5 Å². The van der Waals surface area contributed by atoms with Crippen LogP contribution in [0, 0.1) is 0 Å². The fraction of sp³-hybridized carbons (Fsp3) is 0. The van der Waals surface area contributed by atoms with Crippen LogP contribution in [0.3, 0.4) is 0 Å². The number of benzene rings is 1. The summed E-state index contributed by atoms with van der Waals surface area (Å²) in [6.45, 7) is 0. The summed E-state index contributed by atoms with van der Waals surface area (Å²) in [5.41, 5.74) is 4.84. The van der Waals surface area contributed by atoms with Gasteiger partial charge in [-0.25, -0.2) is 19.6 Å². The smallest absolute Gasteiger partial charge is 0.335 e. The van der Waals surface area contributed by atoms with Gasteiger partial charge in [0.25, 0.3) is 5.56 Å². The van der Waals surface area contributed by atoms with Crippen molar-refractivity contribution in [3.63, 3.8) is 0 Å². The summed E-state index contributed by atoms with van der Waals surface area (Å²) < 4.78 is 0.832. The van der Waals surface area contributed by atoms with Gasteiger partial charge in [-0.15, -0.1) is 0 Å². The molecule has 0 atom stereocenters. The van der Waals surface area contributed by atoms with Gasteiger partial charge in [-0.2, -0.15) is 5.10 Å². The summed E-state index contributed by atoms with van der Waals surface area (Å²) in [6, 6.07) is 5.13. The normalized spacial score (nSPS) is 10.8. The van der Waals surface area contributed by atoms with Crippen molar-refractivity contribution in [2.24, 2.45) is 10.8 Å². The summed E-state index contributed by atoms with van der Waals surface area (Å²) in [6.07, 6.45) is 0.861. The number of hydrazone groups is 1. The van der Waals surface area contributed by atoms with E-state index in [1.165, 1.54) is 12.1 Å². The van der Waals surface area contributed by atoms with Crippen LogP contribution in [0.1, 0.15) is 5.56 Å². The molecule has 0 saturated heterocycles. The fourth-order valence-corrected chi connectivity index (χ4v) is 1.85. The summed E-state index contributed by atoms with van der Waals surface area (Å²) in [7, 11) is 0. The number of H-pyrrole nitrogens is 1. The van der Waals surface area contributed by atoms with Gasteiger partial charge < -0.3 is 10.8 Å². The Kier molecular flexibility index (Phi) is 4.28. The van der Waals surface area contributed by atoms with Crippen LogP contribution in [0.2, 0.25) is 5.02 Å². The number of carbonyl (C=O) groups is 1. The summed E-state index contributed by atoms with van der Waals surface area (Å²) in [5, 5.41) is 13.8. The largest absolute Gasteiger partial charge is 0.493 e. The SMILES string of the molecule is NC(=O)N/N=C/c1c(O)n(-c2cccc(Cl)c2)c(=O)[nH]c1=O. The van der Waals surface area contributed by atoms with Crippen LogP contribution in [-0.4, -0.2) is 26.9 Å². The minimum Gasteiger partial charge on any atom is -0.493 e. The van der Waals surface area contributed by atoms with Crippen molar-refractivity contribution < 1.29 is 9.90 Å². The van der Waals surface area contributed by atoms with Crippen LogP contribution in [-0.2, 0) is 0 Å². The third kappa shape index (κ3) is 3.15. The van der Waals surface area contributed by atoms with Crippen molar-refractivity contribution in [1.29, 1.82) is 0 Å². The number of nitrogens with two attached hydrogens (primary N) is 1. The fourth-order valence-electron chi connectivity index (χ4n) is 1.67. The van der Waals surface area contributed by atoms with E-state index in [0.29, 0.717) is 5.02 Å². The number of aromatic hydroxyl groups is 1. The number of hydrogen-bond donors (Lipinski definition) is 4. The zero-order chi connectivity index (χ0) is 16.3. The number of urea groups is 1. The number of halogens is 1. The molecule has 0 aliphatic rings. The van der Waals surface area contributed by atoms with Gasteiger partial charge in [0.1, 0.15) is 5.56 Å². The maximum Gasteiger partial charge on any atom is 0.335 e. The number of primary amides is 1. The highest BCUT2D eigenvalue weighted by Gasteiger charge is 2.14.